The molecule has 0 aliphatic carbocycles. The number of para-hydroxylation sites is 1. The minimum Gasteiger partial charge on any atom is -0.465 e. The molecule has 0 radical (unpaired) electrons. The van der Waals surface area contributed by atoms with E-state index in [-0.39, 0.29) is 5.97 Å². The van der Waals surface area contributed by atoms with Crippen molar-refractivity contribution in [2.24, 2.45) is 0 Å². The molecule has 6 nitrogen and oxygen atoms in total. The molecule has 0 fully saturated rings. The van der Waals surface area contributed by atoms with E-state index in [1.54, 1.807) is 24.3 Å². The van der Waals surface area contributed by atoms with Crippen molar-refractivity contribution in [3.8, 4) is 0 Å². The minimum absolute atomic E-state index is 0.367. The molecule has 1 heterocycles. The highest BCUT2D eigenvalue weighted by Crippen LogP contribution is 2.27. The third-order valence-electron chi connectivity index (χ3n) is 4.26. The molecule has 0 saturated carbocycles. The summed E-state index contributed by atoms with van der Waals surface area (Å²) in [5, 5.41) is 6.58. The van der Waals surface area contributed by atoms with E-state index >= 15 is 0 Å². The van der Waals surface area contributed by atoms with Gasteiger partial charge in [-0.1, -0.05) is 32.0 Å². The topological polar surface area (TPSA) is 76.1 Å². The Labute approximate surface area is 165 Å². The van der Waals surface area contributed by atoms with E-state index in [0.717, 1.165) is 17.1 Å². The van der Waals surface area contributed by atoms with Crippen LogP contribution in [-0.4, -0.2) is 23.0 Å². The SMILES string of the molecule is COC(=O)c1ccc(Nc2nc(C)cc(Nc3ccccc3C(C)C)n2)cc1. The van der Waals surface area contributed by atoms with Crippen molar-refractivity contribution in [3.05, 3.63) is 71.4 Å². The zero-order valence-electron chi connectivity index (χ0n) is 16.5. The van der Waals surface area contributed by atoms with E-state index in [1.807, 2.05) is 31.2 Å². The van der Waals surface area contributed by atoms with E-state index in [4.69, 9.17) is 4.74 Å². The van der Waals surface area contributed by atoms with Crippen molar-refractivity contribution in [3.63, 3.8) is 0 Å². The number of esters is 1. The number of methoxy groups -OCH3 is 1. The Morgan fingerprint density at radius 1 is 1.00 bits per heavy atom. The summed E-state index contributed by atoms with van der Waals surface area (Å²) < 4.78 is 4.72. The third-order valence-corrected chi connectivity index (χ3v) is 4.26. The van der Waals surface area contributed by atoms with Gasteiger partial charge < -0.3 is 15.4 Å². The van der Waals surface area contributed by atoms with Crippen LogP contribution in [0.2, 0.25) is 0 Å². The van der Waals surface area contributed by atoms with Gasteiger partial charge in [0.1, 0.15) is 5.82 Å². The van der Waals surface area contributed by atoms with Crippen LogP contribution in [0.15, 0.2) is 54.6 Å². The van der Waals surface area contributed by atoms with Crippen molar-refractivity contribution in [1.82, 2.24) is 9.97 Å². The van der Waals surface area contributed by atoms with Gasteiger partial charge >= 0.3 is 5.97 Å². The Balaban J connectivity index is 1.81. The van der Waals surface area contributed by atoms with Gasteiger partial charge in [-0.05, 0) is 48.7 Å². The molecule has 2 N–H and O–H groups in total. The molecular weight excluding hydrogens is 352 g/mol. The van der Waals surface area contributed by atoms with E-state index in [1.165, 1.54) is 12.7 Å². The van der Waals surface area contributed by atoms with Crippen molar-refractivity contribution in [1.29, 1.82) is 0 Å². The van der Waals surface area contributed by atoms with Gasteiger partial charge in [0.2, 0.25) is 5.95 Å². The van der Waals surface area contributed by atoms with Gasteiger partial charge in [0.25, 0.3) is 0 Å². The fraction of sp³-hybridized carbons (Fsp3) is 0.227. The molecule has 28 heavy (non-hydrogen) atoms. The number of aryl methyl sites for hydroxylation is 1. The molecule has 0 atom stereocenters. The summed E-state index contributed by atoms with van der Waals surface area (Å²) in [6.07, 6.45) is 0. The number of anilines is 4. The first-order valence-electron chi connectivity index (χ1n) is 9.13. The fourth-order valence-corrected chi connectivity index (χ4v) is 2.88. The summed E-state index contributed by atoms with van der Waals surface area (Å²) >= 11 is 0. The molecule has 2 aromatic carbocycles. The number of nitrogens with one attached hydrogen (secondary N) is 2. The molecule has 0 unspecified atom stereocenters. The standard InChI is InChI=1S/C22H24N4O2/c1-14(2)18-7-5-6-8-19(18)25-20-13-15(3)23-22(26-20)24-17-11-9-16(10-12-17)21(27)28-4/h5-14H,1-4H3,(H2,23,24,25,26). The number of aromatic nitrogens is 2. The average molecular weight is 376 g/mol. The molecule has 0 saturated heterocycles. The Morgan fingerprint density at radius 3 is 2.39 bits per heavy atom. The molecule has 0 bridgehead atoms. The highest BCUT2D eigenvalue weighted by Gasteiger charge is 2.09. The Hall–Kier alpha value is -3.41. The zero-order chi connectivity index (χ0) is 20.1. The quantitative estimate of drug-likeness (QED) is 0.577. The van der Waals surface area contributed by atoms with Crippen LogP contribution < -0.4 is 10.6 Å². The number of ether oxygens (including phenoxy) is 1. The van der Waals surface area contributed by atoms with Gasteiger partial charge in [0, 0.05) is 23.1 Å². The Morgan fingerprint density at radius 2 is 1.71 bits per heavy atom. The highest BCUT2D eigenvalue weighted by atomic mass is 16.5. The number of nitrogens with zero attached hydrogens (tertiary/aromatic N) is 2. The summed E-state index contributed by atoms with van der Waals surface area (Å²) in [4.78, 5) is 20.6. The molecule has 0 spiro atoms. The third kappa shape index (κ3) is 4.65. The lowest BCUT2D eigenvalue weighted by molar-refractivity contribution is 0.0601. The van der Waals surface area contributed by atoms with Crippen LogP contribution in [-0.2, 0) is 4.74 Å². The number of hydrogen-bond donors (Lipinski definition) is 2. The van der Waals surface area contributed by atoms with Crippen LogP contribution in [0.5, 0.6) is 0 Å². The molecular formula is C22H24N4O2. The predicted octanol–water partition coefficient (Wildman–Crippen LogP) is 5.18. The Bertz CT molecular complexity index is 969. The van der Waals surface area contributed by atoms with Gasteiger partial charge in [0.15, 0.2) is 0 Å². The first kappa shape index (κ1) is 19.4. The molecule has 0 aliphatic rings. The smallest absolute Gasteiger partial charge is 0.337 e. The number of rotatable bonds is 6. The predicted molar refractivity (Wildman–Crippen MR) is 112 cm³/mol. The van der Waals surface area contributed by atoms with Gasteiger partial charge in [-0.15, -0.1) is 0 Å². The van der Waals surface area contributed by atoms with Crippen LogP contribution in [0.25, 0.3) is 0 Å². The Kier molecular flexibility index (Phi) is 5.89. The van der Waals surface area contributed by atoms with Crippen LogP contribution in [0, 0.1) is 6.92 Å². The van der Waals surface area contributed by atoms with Gasteiger partial charge in [-0.2, -0.15) is 4.98 Å². The second-order valence-corrected chi connectivity index (χ2v) is 6.78. The first-order valence-corrected chi connectivity index (χ1v) is 9.13. The van der Waals surface area contributed by atoms with E-state index in [2.05, 4.69) is 40.5 Å². The number of carbonyl (C=O) groups excluding carboxylic acids is 1. The van der Waals surface area contributed by atoms with Crippen molar-refractivity contribution < 1.29 is 9.53 Å². The molecule has 144 valence electrons. The maximum Gasteiger partial charge on any atom is 0.337 e. The second kappa shape index (κ2) is 8.52. The number of carbonyl (C=O) groups is 1. The molecule has 1 aromatic heterocycles. The van der Waals surface area contributed by atoms with E-state index in [9.17, 15) is 4.79 Å². The summed E-state index contributed by atoms with van der Waals surface area (Å²) in [7, 11) is 1.36. The first-order chi connectivity index (χ1) is 13.5. The fourth-order valence-electron chi connectivity index (χ4n) is 2.88. The summed E-state index contributed by atoms with van der Waals surface area (Å²) in [5.41, 5.74) is 4.38. The number of benzene rings is 2. The minimum atomic E-state index is -0.367. The largest absolute Gasteiger partial charge is 0.465 e. The van der Waals surface area contributed by atoms with Crippen molar-refractivity contribution in [2.45, 2.75) is 26.7 Å². The van der Waals surface area contributed by atoms with Gasteiger partial charge in [0.05, 0.1) is 12.7 Å². The molecule has 3 aromatic rings. The van der Waals surface area contributed by atoms with Crippen LogP contribution >= 0.6 is 0 Å². The monoisotopic (exact) mass is 376 g/mol. The van der Waals surface area contributed by atoms with Crippen LogP contribution in [0.3, 0.4) is 0 Å². The maximum atomic E-state index is 11.5. The van der Waals surface area contributed by atoms with Gasteiger partial charge in [-0.3, -0.25) is 0 Å². The lowest BCUT2D eigenvalue weighted by atomic mass is 10.0. The van der Waals surface area contributed by atoms with Crippen LogP contribution in [0.1, 0.15) is 41.4 Å². The zero-order valence-corrected chi connectivity index (χ0v) is 16.5. The second-order valence-electron chi connectivity index (χ2n) is 6.78. The van der Waals surface area contributed by atoms with Crippen LogP contribution in [0.4, 0.5) is 23.1 Å². The van der Waals surface area contributed by atoms with Crippen molar-refractivity contribution >= 4 is 29.1 Å². The van der Waals surface area contributed by atoms with Crippen molar-refractivity contribution in [2.75, 3.05) is 17.7 Å². The summed E-state index contributed by atoms with van der Waals surface area (Å²) in [6, 6.07) is 17.1. The molecule has 6 heteroatoms. The number of hydrogen-bond acceptors (Lipinski definition) is 6. The van der Waals surface area contributed by atoms with Gasteiger partial charge in [-0.25, -0.2) is 9.78 Å². The molecule has 0 amide bonds. The summed E-state index contributed by atoms with van der Waals surface area (Å²) in [5.74, 6) is 1.23. The lowest BCUT2D eigenvalue weighted by Crippen LogP contribution is -2.04. The molecule has 3 rings (SSSR count). The molecule has 0 aliphatic heterocycles. The van der Waals surface area contributed by atoms with E-state index < -0.39 is 0 Å². The highest BCUT2D eigenvalue weighted by molar-refractivity contribution is 5.89. The van der Waals surface area contributed by atoms with E-state index in [0.29, 0.717) is 23.2 Å². The lowest BCUT2D eigenvalue weighted by Gasteiger charge is -2.15. The average Bonchev–Trinajstić information content (AvgIpc) is 2.68. The maximum absolute atomic E-state index is 11.5. The normalized spacial score (nSPS) is 10.6. The summed E-state index contributed by atoms with van der Waals surface area (Å²) in [6.45, 7) is 6.25.